The predicted molar refractivity (Wildman–Crippen MR) is 75.5 cm³/mol. The van der Waals surface area contributed by atoms with E-state index < -0.39 is 15.4 Å². The van der Waals surface area contributed by atoms with Gasteiger partial charge in [0.15, 0.2) is 0 Å². The van der Waals surface area contributed by atoms with Crippen LogP contribution in [0.5, 0.6) is 0 Å². The number of ether oxygens (including phenoxy) is 1. The lowest BCUT2D eigenvalue weighted by atomic mass is 10.0. The highest BCUT2D eigenvalue weighted by Crippen LogP contribution is 2.24. The van der Waals surface area contributed by atoms with Gasteiger partial charge in [0.2, 0.25) is 14.2 Å². The lowest BCUT2D eigenvalue weighted by molar-refractivity contribution is 0.00191. The molecule has 1 aromatic heterocycles. The molecule has 1 amide bonds. The van der Waals surface area contributed by atoms with Gasteiger partial charge in [-0.25, -0.2) is 18.2 Å². The Kier molecular flexibility index (Phi) is 4.06. The van der Waals surface area contributed by atoms with Crippen LogP contribution in [0, 0.1) is 5.92 Å². The van der Waals surface area contributed by atoms with Gasteiger partial charge >= 0.3 is 6.09 Å². The molecule has 0 spiro atoms. The van der Waals surface area contributed by atoms with Crippen LogP contribution in [0.3, 0.4) is 0 Å². The normalized spacial score (nSPS) is 16.9. The Balaban J connectivity index is 1.84. The molecule has 0 unspecified atom stereocenters. The van der Waals surface area contributed by atoms with Crippen LogP contribution in [-0.2, 0) is 14.6 Å². The highest BCUT2D eigenvalue weighted by molar-refractivity contribution is 7.93. The largest absolute Gasteiger partial charge is 0.444 e. The minimum Gasteiger partial charge on any atom is -0.444 e. The van der Waals surface area contributed by atoms with Gasteiger partial charge in [-0.05, 0) is 20.8 Å². The van der Waals surface area contributed by atoms with E-state index >= 15 is 0 Å². The number of hydrogen-bond acceptors (Lipinski definition) is 6. The smallest absolute Gasteiger partial charge is 0.410 e. The summed E-state index contributed by atoms with van der Waals surface area (Å²) < 4.78 is 29.4. The quantitative estimate of drug-likeness (QED) is 0.849. The average molecular weight is 318 g/mol. The van der Waals surface area contributed by atoms with Gasteiger partial charge in [0.1, 0.15) is 5.60 Å². The lowest BCUT2D eigenvalue weighted by Gasteiger charge is -2.39. The molecule has 0 radical (unpaired) electrons. The van der Waals surface area contributed by atoms with Gasteiger partial charge in [-0.1, -0.05) is 0 Å². The van der Waals surface area contributed by atoms with Crippen LogP contribution in [0.25, 0.3) is 0 Å². The van der Waals surface area contributed by atoms with E-state index in [9.17, 15) is 13.2 Å². The number of aromatic nitrogens is 1. The molecule has 0 atom stereocenters. The number of carbonyl (C=O) groups excluding carboxylic acids is 1. The zero-order valence-corrected chi connectivity index (χ0v) is 13.3. The first kappa shape index (κ1) is 15.2. The molecule has 0 saturated carbocycles. The van der Waals surface area contributed by atoms with Gasteiger partial charge in [0, 0.05) is 30.6 Å². The molecule has 0 N–H and O–H groups in total. The fraction of sp³-hybridized carbons (Fsp3) is 0.667. The molecule has 20 heavy (non-hydrogen) atoms. The Morgan fingerprint density at radius 2 is 2.15 bits per heavy atom. The topological polar surface area (TPSA) is 76.6 Å². The highest BCUT2D eigenvalue weighted by atomic mass is 32.2. The van der Waals surface area contributed by atoms with Crippen molar-refractivity contribution in [1.82, 2.24) is 9.88 Å². The third-order valence-electron chi connectivity index (χ3n) is 2.74. The highest BCUT2D eigenvalue weighted by Gasteiger charge is 2.37. The molecule has 2 rings (SSSR count). The van der Waals surface area contributed by atoms with Gasteiger partial charge in [0.05, 0.1) is 5.75 Å². The van der Waals surface area contributed by atoms with Crippen LogP contribution in [-0.4, -0.2) is 48.8 Å². The first-order valence-corrected chi connectivity index (χ1v) is 8.81. The number of hydrogen-bond donors (Lipinski definition) is 0. The summed E-state index contributed by atoms with van der Waals surface area (Å²) >= 11 is 1.12. The van der Waals surface area contributed by atoms with Gasteiger partial charge in [-0.15, -0.1) is 11.3 Å². The van der Waals surface area contributed by atoms with Crippen LogP contribution in [0.2, 0.25) is 0 Å². The van der Waals surface area contributed by atoms with E-state index in [2.05, 4.69) is 4.98 Å². The zero-order chi connectivity index (χ0) is 15.0. The van der Waals surface area contributed by atoms with Crippen molar-refractivity contribution in [3.05, 3.63) is 11.6 Å². The van der Waals surface area contributed by atoms with Crippen LogP contribution < -0.4 is 0 Å². The van der Waals surface area contributed by atoms with Crippen molar-refractivity contribution in [2.24, 2.45) is 5.92 Å². The fourth-order valence-corrected chi connectivity index (χ4v) is 4.41. The van der Waals surface area contributed by atoms with Crippen molar-refractivity contribution in [2.75, 3.05) is 18.8 Å². The van der Waals surface area contributed by atoms with Gasteiger partial charge in [-0.2, -0.15) is 0 Å². The molecule has 112 valence electrons. The summed E-state index contributed by atoms with van der Waals surface area (Å²) in [6.07, 6.45) is 1.09. The summed E-state index contributed by atoms with van der Waals surface area (Å²) in [6.45, 7) is 6.23. The Hall–Kier alpha value is -1.15. The first-order valence-electron chi connectivity index (χ1n) is 6.27. The first-order chi connectivity index (χ1) is 9.17. The van der Waals surface area contributed by atoms with E-state index in [-0.39, 0.29) is 22.1 Å². The van der Waals surface area contributed by atoms with Crippen LogP contribution in [0.4, 0.5) is 4.79 Å². The molecular weight excluding hydrogens is 300 g/mol. The molecule has 6 nitrogen and oxygen atoms in total. The van der Waals surface area contributed by atoms with E-state index in [0.29, 0.717) is 13.1 Å². The summed E-state index contributed by atoms with van der Waals surface area (Å²) in [5.74, 6) is -0.0174. The Morgan fingerprint density at radius 1 is 1.50 bits per heavy atom. The number of amides is 1. The maximum Gasteiger partial charge on any atom is 0.410 e. The molecular formula is C12H18N2O4S2. The van der Waals surface area contributed by atoms with Gasteiger partial charge in [0.25, 0.3) is 0 Å². The summed E-state index contributed by atoms with van der Waals surface area (Å²) in [7, 11) is -3.33. The van der Waals surface area contributed by atoms with Crippen LogP contribution in [0.1, 0.15) is 20.8 Å². The summed E-state index contributed by atoms with van der Waals surface area (Å²) in [5.41, 5.74) is -0.533. The number of sulfone groups is 1. The second kappa shape index (κ2) is 5.33. The van der Waals surface area contributed by atoms with Gasteiger partial charge < -0.3 is 9.64 Å². The number of likely N-dealkylation sites (tertiary alicyclic amines) is 1. The van der Waals surface area contributed by atoms with E-state index in [0.717, 1.165) is 11.3 Å². The van der Waals surface area contributed by atoms with Crippen molar-refractivity contribution in [1.29, 1.82) is 0 Å². The van der Waals surface area contributed by atoms with Crippen molar-refractivity contribution >= 4 is 27.3 Å². The molecule has 1 aromatic rings. The van der Waals surface area contributed by atoms with Crippen molar-refractivity contribution in [3.63, 3.8) is 0 Å². The monoisotopic (exact) mass is 318 g/mol. The van der Waals surface area contributed by atoms with Crippen molar-refractivity contribution in [2.45, 2.75) is 30.7 Å². The van der Waals surface area contributed by atoms with Crippen LogP contribution >= 0.6 is 11.3 Å². The van der Waals surface area contributed by atoms with Crippen LogP contribution in [0.15, 0.2) is 15.9 Å². The summed E-state index contributed by atoms with van der Waals surface area (Å²) in [4.78, 5) is 17.1. The third kappa shape index (κ3) is 3.69. The van der Waals surface area contributed by atoms with Crippen molar-refractivity contribution in [3.8, 4) is 0 Å². The molecule has 0 bridgehead atoms. The lowest BCUT2D eigenvalue weighted by Crippen LogP contribution is -2.53. The Labute approximate surface area is 122 Å². The minimum atomic E-state index is -3.33. The minimum absolute atomic E-state index is 0.0276. The molecule has 0 aromatic carbocycles. The number of nitrogens with zero attached hydrogens (tertiary/aromatic N) is 2. The fourth-order valence-electron chi connectivity index (χ4n) is 1.90. The van der Waals surface area contributed by atoms with E-state index in [1.807, 2.05) is 0 Å². The average Bonchev–Trinajstić information content (AvgIpc) is 2.73. The standard InChI is InChI=1S/C12H18N2O4S2/c1-12(2,3)18-11(15)14-6-9(7-14)8-20(16,17)10-13-4-5-19-10/h4-5,9H,6-8H2,1-3H3. The molecule has 1 aliphatic heterocycles. The predicted octanol–water partition coefficient (Wildman–Crippen LogP) is 1.78. The SMILES string of the molecule is CC(C)(C)OC(=O)N1CC(CS(=O)(=O)c2nccs2)C1. The number of carbonyl (C=O) groups is 1. The number of rotatable bonds is 3. The third-order valence-corrected chi connectivity index (χ3v) is 5.90. The second-order valence-electron chi connectivity index (χ2n) is 5.83. The van der Waals surface area contributed by atoms with E-state index in [1.165, 1.54) is 11.1 Å². The maximum atomic E-state index is 12.0. The maximum absolute atomic E-state index is 12.0. The second-order valence-corrected chi connectivity index (χ2v) is 8.93. The summed E-state index contributed by atoms with van der Waals surface area (Å²) in [6, 6.07) is 0. The van der Waals surface area contributed by atoms with Crippen molar-refractivity contribution < 1.29 is 17.9 Å². The molecule has 1 fully saturated rings. The zero-order valence-electron chi connectivity index (χ0n) is 11.7. The molecule has 2 heterocycles. The molecule has 1 saturated heterocycles. The summed E-state index contributed by atoms with van der Waals surface area (Å²) in [5, 5.41) is 1.64. The molecule has 0 aliphatic carbocycles. The van der Waals surface area contributed by atoms with E-state index in [1.54, 1.807) is 26.2 Å². The molecule has 1 aliphatic rings. The van der Waals surface area contributed by atoms with Gasteiger partial charge in [-0.3, -0.25) is 0 Å². The Bertz CT molecular complexity index is 569. The Morgan fingerprint density at radius 3 is 2.65 bits per heavy atom. The number of thiazole rings is 1. The molecule has 8 heteroatoms. The van der Waals surface area contributed by atoms with E-state index in [4.69, 9.17) is 4.74 Å².